The summed E-state index contributed by atoms with van der Waals surface area (Å²) >= 11 is 0. The quantitative estimate of drug-likeness (QED) is 0.441. The Bertz CT molecular complexity index is 517. The highest BCUT2D eigenvalue weighted by Gasteiger charge is 2.52. The van der Waals surface area contributed by atoms with Gasteiger partial charge in [0, 0.05) is 0 Å². The molecule has 7 nitrogen and oxygen atoms in total. The number of aliphatic carboxylic acids is 2. The van der Waals surface area contributed by atoms with E-state index >= 15 is 0 Å². The van der Waals surface area contributed by atoms with Gasteiger partial charge in [0.2, 0.25) is 0 Å². The molecule has 0 radical (unpaired) electrons. The molecule has 2 aliphatic rings. The predicted octanol–water partition coefficient (Wildman–Crippen LogP) is 0.588. The van der Waals surface area contributed by atoms with Crippen LogP contribution in [0.15, 0.2) is 11.6 Å². The average Bonchev–Trinajstić information content (AvgIpc) is 2.67. The number of allylic oxidation sites excluding steroid dienone is 1. The topological polar surface area (TPSA) is 118 Å². The molecular formula is C13H14O7. The van der Waals surface area contributed by atoms with Gasteiger partial charge in [0.25, 0.3) is 0 Å². The fourth-order valence-corrected chi connectivity index (χ4v) is 2.91. The first kappa shape index (κ1) is 14.2. The molecule has 1 heterocycles. The molecule has 0 saturated carbocycles. The highest BCUT2D eigenvalue weighted by Crippen LogP contribution is 2.43. The second kappa shape index (κ2) is 4.73. The van der Waals surface area contributed by atoms with Crippen LogP contribution in [-0.4, -0.2) is 34.1 Å². The van der Waals surface area contributed by atoms with Gasteiger partial charge in [-0.15, -0.1) is 0 Å². The molecule has 0 bridgehead atoms. The second-order valence-electron chi connectivity index (χ2n) is 5.17. The van der Waals surface area contributed by atoms with Gasteiger partial charge in [-0.1, -0.05) is 6.08 Å². The molecule has 1 aliphatic heterocycles. The van der Waals surface area contributed by atoms with Gasteiger partial charge in [0.1, 0.15) is 0 Å². The summed E-state index contributed by atoms with van der Waals surface area (Å²) in [4.78, 5) is 45.2. The van der Waals surface area contributed by atoms with Crippen LogP contribution in [0, 0.1) is 17.3 Å². The summed E-state index contributed by atoms with van der Waals surface area (Å²) in [6.07, 6.45) is 1.54. The molecule has 0 aromatic rings. The minimum Gasteiger partial charge on any atom is -0.480 e. The van der Waals surface area contributed by atoms with Crippen molar-refractivity contribution in [3.8, 4) is 0 Å². The number of hydrogen-bond donors (Lipinski definition) is 2. The van der Waals surface area contributed by atoms with E-state index in [1.165, 1.54) is 13.0 Å². The number of hydrogen-bond acceptors (Lipinski definition) is 5. The zero-order valence-electron chi connectivity index (χ0n) is 10.8. The summed E-state index contributed by atoms with van der Waals surface area (Å²) in [6.45, 7) is 1.43. The Morgan fingerprint density at radius 1 is 1.30 bits per heavy atom. The van der Waals surface area contributed by atoms with E-state index < -0.39 is 35.2 Å². The molecule has 1 fully saturated rings. The van der Waals surface area contributed by atoms with E-state index in [0.717, 1.165) is 0 Å². The first-order valence-corrected chi connectivity index (χ1v) is 6.19. The molecule has 2 atom stereocenters. The Hall–Kier alpha value is -2.18. The normalized spacial score (nSPS) is 28.8. The molecule has 0 aromatic heterocycles. The summed E-state index contributed by atoms with van der Waals surface area (Å²) in [6, 6.07) is 0. The van der Waals surface area contributed by atoms with Crippen molar-refractivity contribution >= 4 is 23.9 Å². The number of carboxylic acid groups (broad SMARTS) is 2. The molecule has 108 valence electrons. The smallest absolute Gasteiger partial charge is 0.325 e. The van der Waals surface area contributed by atoms with Gasteiger partial charge < -0.3 is 14.9 Å². The molecule has 1 saturated heterocycles. The molecule has 2 rings (SSSR count). The van der Waals surface area contributed by atoms with E-state index in [1.807, 2.05) is 0 Å². The average molecular weight is 282 g/mol. The summed E-state index contributed by atoms with van der Waals surface area (Å²) < 4.78 is 4.47. The summed E-state index contributed by atoms with van der Waals surface area (Å²) in [5.41, 5.74) is -1.76. The van der Waals surface area contributed by atoms with Gasteiger partial charge in [0.05, 0.1) is 12.3 Å². The maximum absolute atomic E-state index is 11.5. The Labute approximate surface area is 114 Å². The number of carboxylic acids is 2. The van der Waals surface area contributed by atoms with Gasteiger partial charge in [-0.2, -0.15) is 0 Å². The van der Waals surface area contributed by atoms with Crippen LogP contribution in [0.4, 0.5) is 0 Å². The van der Waals surface area contributed by atoms with E-state index in [2.05, 4.69) is 4.74 Å². The van der Waals surface area contributed by atoms with Crippen LogP contribution in [0.1, 0.15) is 26.2 Å². The first-order chi connectivity index (χ1) is 9.29. The zero-order chi connectivity index (χ0) is 15.1. The SMILES string of the molecule is CC1=CC(C2CC(=O)OC2=O)CCC1(C(=O)O)C(=O)O. The highest BCUT2D eigenvalue weighted by atomic mass is 16.6. The maximum atomic E-state index is 11.5. The largest absolute Gasteiger partial charge is 0.480 e. The van der Waals surface area contributed by atoms with Gasteiger partial charge >= 0.3 is 23.9 Å². The second-order valence-corrected chi connectivity index (χ2v) is 5.17. The molecule has 0 spiro atoms. The standard InChI is InChI=1S/C13H14O7/c1-6-4-7(8-5-9(14)20-10(8)15)2-3-13(6,11(16)17)12(18)19/h4,7-8H,2-3,5H2,1H3,(H,16,17)(H,18,19). The van der Waals surface area contributed by atoms with Crippen molar-refractivity contribution in [2.45, 2.75) is 26.2 Å². The number of esters is 2. The van der Waals surface area contributed by atoms with Gasteiger partial charge in [-0.05, 0) is 31.3 Å². The molecular weight excluding hydrogens is 268 g/mol. The van der Waals surface area contributed by atoms with Crippen molar-refractivity contribution in [3.05, 3.63) is 11.6 Å². The predicted molar refractivity (Wildman–Crippen MR) is 63.4 cm³/mol. The summed E-state index contributed by atoms with van der Waals surface area (Å²) in [7, 11) is 0. The van der Waals surface area contributed by atoms with E-state index in [4.69, 9.17) is 0 Å². The fourth-order valence-electron chi connectivity index (χ4n) is 2.91. The summed E-state index contributed by atoms with van der Waals surface area (Å²) in [5, 5.41) is 18.4. The van der Waals surface area contributed by atoms with Gasteiger partial charge in [0.15, 0.2) is 5.41 Å². The van der Waals surface area contributed by atoms with E-state index in [-0.39, 0.29) is 30.8 Å². The Morgan fingerprint density at radius 2 is 1.90 bits per heavy atom. The third-order valence-electron chi connectivity index (χ3n) is 4.14. The molecule has 0 amide bonds. The van der Waals surface area contributed by atoms with Crippen LogP contribution in [0.5, 0.6) is 0 Å². The van der Waals surface area contributed by atoms with Crippen molar-refractivity contribution in [1.29, 1.82) is 0 Å². The lowest BCUT2D eigenvalue weighted by Gasteiger charge is -2.33. The first-order valence-electron chi connectivity index (χ1n) is 6.19. The Morgan fingerprint density at radius 3 is 2.30 bits per heavy atom. The fraction of sp³-hybridized carbons (Fsp3) is 0.538. The molecule has 0 aromatic carbocycles. The number of carbonyl (C=O) groups excluding carboxylic acids is 2. The zero-order valence-corrected chi connectivity index (χ0v) is 10.8. The van der Waals surface area contributed by atoms with E-state index in [0.29, 0.717) is 0 Å². The lowest BCUT2D eigenvalue weighted by molar-refractivity contribution is -0.162. The Kier molecular flexibility index (Phi) is 3.37. The van der Waals surface area contributed by atoms with Crippen LogP contribution in [0.2, 0.25) is 0 Å². The molecule has 2 unspecified atom stereocenters. The molecule has 7 heteroatoms. The van der Waals surface area contributed by atoms with Crippen LogP contribution in [0.3, 0.4) is 0 Å². The third kappa shape index (κ3) is 1.99. The van der Waals surface area contributed by atoms with Crippen LogP contribution >= 0.6 is 0 Å². The lowest BCUT2D eigenvalue weighted by atomic mass is 9.68. The van der Waals surface area contributed by atoms with Crippen molar-refractivity contribution in [1.82, 2.24) is 0 Å². The Balaban J connectivity index is 2.31. The van der Waals surface area contributed by atoms with Crippen molar-refractivity contribution < 1.29 is 34.1 Å². The van der Waals surface area contributed by atoms with Crippen molar-refractivity contribution in [2.75, 3.05) is 0 Å². The monoisotopic (exact) mass is 282 g/mol. The molecule has 2 N–H and O–H groups in total. The number of carbonyl (C=O) groups is 4. The lowest BCUT2D eigenvalue weighted by Crippen LogP contribution is -2.43. The van der Waals surface area contributed by atoms with Crippen molar-refractivity contribution in [3.63, 3.8) is 0 Å². The minimum atomic E-state index is -1.94. The highest BCUT2D eigenvalue weighted by molar-refractivity contribution is 6.02. The van der Waals surface area contributed by atoms with Gasteiger partial charge in [-0.3, -0.25) is 19.2 Å². The third-order valence-corrected chi connectivity index (χ3v) is 4.14. The van der Waals surface area contributed by atoms with Crippen molar-refractivity contribution in [2.24, 2.45) is 17.3 Å². The minimum absolute atomic E-state index is 0.0412. The van der Waals surface area contributed by atoms with Crippen LogP contribution < -0.4 is 0 Å². The number of rotatable bonds is 3. The molecule has 20 heavy (non-hydrogen) atoms. The van der Waals surface area contributed by atoms with Crippen LogP contribution in [0.25, 0.3) is 0 Å². The maximum Gasteiger partial charge on any atom is 0.325 e. The van der Waals surface area contributed by atoms with Gasteiger partial charge in [-0.25, -0.2) is 0 Å². The number of cyclic esters (lactones) is 2. The van der Waals surface area contributed by atoms with E-state index in [1.54, 1.807) is 0 Å². The van der Waals surface area contributed by atoms with E-state index in [9.17, 15) is 29.4 Å². The number of ether oxygens (including phenoxy) is 1. The van der Waals surface area contributed by atoms with Crippen LogP contribution in [-0.2, 0) is 23.9 Å². The molecule has 1 aliphatic carbocycles. The summed E-state index contributed by atoms with van der Waals surface area (Å²) in [5.74, 6) is -5.05.